The van der Waals surface area contributed by atoms with Crippen LogP contribution in [0, 0.1) is 6.92 Å². The zero-order chi connectivity index (χ0) is 21.3. The molecule has 1 atom stereocenters. The van der Waals surface area contributed by atoms with Crippen LogP contribution in [-0.2, 0) is 5.60 Å². The molecule has 0 bridgehead atoms. The third-order valence-corrected chi connectivity index (χ3v) is 4.58. The van der Waals surface area contributed by atoms with Gasteiger partial charge in [0.2, 0.25) is 0 Å². The van der Waals surface area contributed by atoms with Crippen molar-refractivity contribution < 1.29 is 33.4 Å². The topological polar surface area (TPSA) is 90.1 Å². The molecule has 0 spiro atoms. The molecule has 0 aromatic heterocycles. The number of carbonyl (C=O) groups is 1. The summed E-state index contributed by atoms with van der Waals surface area (Å²) in [6.07, 6.45) is -6.32. The van der Waals surface area contributed by atoms with Crippen LogP contribution in [0.15, 0.2) is 41.6 Å². The molecule has 0 fully saturated rings. The van der Waals surface area contributed by atoms with E-state index < -0.39 is 35.4 Å². The number of nitrogens with zero attached hydrogens (tertiary/aromatic N) is 1. The molecule has 28 heavy (non-hydrogen) atoms. The van der Waals surface area contributed by atoms with Gasteiger partial charge in [0.25, 0.3) is 0 Å². The summed E-state index contributed by atoms with van der Waals surface area (Å²) in [6, 6.07) is 6.64. The van der Waals surface area contributed by atoms with Gasteiger partial charge in [-0.1, -0.05) is 34.4 Å². The number of hydrogen-bond acceptors (Lipinski definition) is 4. The normalized spacial score (nSPS) is 14.6. The van der Waals surface area contributed by atoms with E-state index in [1.54, 1.807) is 0 Å². The molecular weight excluding hydrogens is 422 g/mol. The summed E-state index contributed by atoms with van der Waals surface area (Å²) in [6.45, 7) is 1.44. The fourth-order valence-corrected chi connectivity index (χ4v) is 3.21. The number of oxime groups is 1. The van der Waals surface area contributed by atoms with Crippen LogP contribution >= 0.6 is 23.2 Å². The van der Waals surface area contributed by atoms with Crippen molar-refractivity contribution in [2.75, 3.05) is 0 Å². The lowest BCUT2D eigenvalue weighted by Crippen LogP contribution is -2.44. The molecule has 2 rings (SSSR count). The minimum absolute atomic E-state index is 0.0146. The van der Waals surface area contributed by atoms with E-state index in [2.05, 4.69) is 5.16 Å². The van der Waals surface area contributed by atoms with Crippen molar-refractivity contribution in [1.82, 2.24) is 0 Å². The van der Waals surface area contributed by atoms with Gasteiger partial charge in [0.05, 0.1) is 11.3 Å². The second-order valence-electron chi connectivity index (χ2n) is 6.07. The van der Waals surface area contributed by atoms with Gasteiger partial charge in [0, 0.05) is 16.5 Å². The van der Waals surface area contributed by atoms with Gasteiger partial charge in [-0.3, -0.25) is 0 Å². The number of carboxylic acids is 1. The molecular formula is C18H14Cl2F3NO4. The lowest BCUT2D eigenvalue weighted by Gasteiger charge is -2.31. The number of aliphatic hydroxyl groups is 1. The van der Waals surface area contributed by atoms with Crippen LogP contribution in [0.3, 0.4) is 0 Å². The van der Waals surface area contributed by atoms with Crippen LogP contribution in [0.1, 0.15) is 33.5 Å². The monoisotopic (exact) mass is 435 g/mol. The highest BCUT2D eigenvalue weighted by molar-refractivity contribution is 6.34. The van der Waals surface area contributed by atoms with E-state index in [0.29, 0.717) is 0 Å². The quantitative estimate of drug-likeness (QED) is 0.349. The highest BCUT2D eigenvalue weighted by atomic mass is 35.5. The molecule has 150 valence electrons. The zero-order valence-electron chi connectivity index (χ0n) is 14.3. The largest absolute Gasteiger partial charge is 0.478 e. The van der Waals surface area contributed by atoms with Gasteiger partial charge in [-0.25, -0.2) is 4.79 Å². The molecule has 0 aliphatic carbocycles. The standard InChI is InChI=1S/C18H14Cl2F3NO4/c1-9-4-10(2-3-14(9)16(25)26)15(24-28)8-17(27,18(21,22)23)11-5-12(19)7-13(20)6-11/h2-7,27-28H,8H2,1H3,(H,25,26)/b24-15+. The summed E-state index contributed by atoms with van der Waals surface area (Å²) in [5.41, 5.74) is -4.39. The molecule has 0 heterocycles. The molecule has 3 N–H and O–H groups in total. The van der Waals surface area contributed by atoms with Crippen LogP contribution in [0.2, 0.25) is 10.0 Å². The first-order chi connectivity index (χ1) is 12.9. The van der Waals surface area contributed by atoms with Crippen molar-refractivity contribution in [3.63, 3.8) is 0 Å². The van der Waals surface area contributed by atoms with E-state index in [0.717, 1.165) is 12.1 Å². The highest BCUT2D eigenvalue weighted by Crippen LogP contribution is 2.44. The van der Waals surface area contributed by atoms with Crippen LogP contribution in [0.25, 0.3) is 0 Å². The first kappa shape index (κ1) is 22.0. The first-order valence-electron chi connectivity index (χ1n) is 7.70. The molecule has 0 saturated carbocycles. The Hall–Kier alpha value is -2.29. The number of rotatable bonds is 5. The second kappa shape index (κ2) is 7.98. The van der Waals surface area contributed by atoms with E-state index in [-0.39, 0.29) is 26.7 Å². The Bertz CT molecular complexity index is 927. The van der Waals surface area contributed by atoms with Crippen molar-refractivity contribution in [3.05, 3.63) is 68.7 Å². The van der Waals surface area contributed by atoms with E-state index in [1.165, 1.54) is 31.2 Å². The first-order valence-corrected chi connectivity index (χ1v) is 8.45. The summed E-state index contributed by atoms with van der Waals surface area (Å²) < 4.78 is 41.3. The van der Waals surface area contributed by atoms with Crippen molar-refractivity contribution in [2.45, 2.75) is 25.1 Å². The van der Waals surface area contributed by atoms with E-state index in [9.17, 15) is 28.3 Å². The summed E-state index contributed by atoms with van der Waals surface area (Å²) in [4.78, 5) is 11.1. The number of aryl methyl sites for hydroxylation is 1. The summed E-state index contributed by atoms with van der Waals surface area (Å²) in [5.74, 6) is -1.22. The number of benzene rings is 2. The van der Waals surface area contributed by atoms with Crippen LogP contribution in [0.5, 0.6) is 0 Å². The minimum atomic E-state index is -5.16. The Morgan fingerprint density at radius 2 is 1.68 bits per heavy atom. The van der Waals surface area contributed by atoms with Gasteiger partial charge >= 0.3 is 12.1 Å². The molecule has 2 aromatic rings. The molecule has 0 radical (unpaired) electrons. The van der Waals surface area contributed by atoms with Crippen molar-refractivity contribution in [2.24, 2.45) is 5.16 Å². The SMILES string of the molecule is Cc1cc(/C(CC(O)(c2cc(Cl)cc(Cl)c2)C(F)(F)F)=N/O)ccc1C(=O)O. The minimum Gasteiger partial charge on any atom is -0.478 e. The number of halogens is 5. The third kappa shape index (κ3) is 4.40. The molecule has 2 aromatic carbocycles. The number of alkyl halides is 3. The van der Waals surface area contributed by atoms with E-state index in [1.807, 2.05) is 0 Å². The molecule has 1 unspecified atom stereocenters. The maximum absolute atomic E-state index is 13.8. The predicted molar refractivity (Wildman–Crippen MR) is 97.5 cm³/mol. The molecule has 10 heteroatoms. The fraction of sp³-hybridized carbons (Fsp3) is 0.222. The highest BCUT2D eigenvalue weighted by Gasteiger charge is 2.55. The lowest BCUT2D eigenvalue weighted by atomic mass is 9.85. The molecule has 0 amide bonds. The van der Waals surface area contributed by atoms with Crippen molar-refractivity contribution in [3.8, 4) is 0 Å². The maximum Gasteiger partial charge on any atom is 0.421 e. The number of aromatic carboxylic acids is 1. The molecule has 0 aliphatic heterocycles. The van der Waals surface area contributed by atoms with Crippen molar-refractivity contribution >= 4 is 34.9 Å². The summed E-state index contributed by atoms with van der Waals surface area (Å²) in [5, 5.41) is 31.5. The number of hydrogen-bond donors (Lipinski definition) is 3. The van der Waals surface area contributed by atoms with Gasteiger partial charge < -0.3 is 15.4 Å². The van der Waals surface area contributed by atoms with E-state index in [4.69, 9.17) is 28.3 Å². The predicted octanol–water partition coefficient (Wildman–Crippen LogP) is 5.02. The summed E-state index contributed by atoms with van der Waals surface area (Å²) in [7, 11) is 0. The van der Waals surface area contributed by atoms with Crippen LogP contribution in [-0.4, -0.2) is 33.3 Å². The Morgan fingerprint density at radius 1 is 1.11 bits per heavy atom. The Balaban J connectivity index is 2.54. The average Bonchev–Trinajstić information content (AvgIpc) is 2.57. The lowest BCUT2D eigenvalue weighted by molar-refractivity contribution is -0.263. The number of carboxylic acid groups (broad SMARTS) is 1. The third-order valence-electron chi connectivity index (χ3n) is 4.14. The Kier molecular flexibility index (Phi) is 6.27. The second-order valence-corrected chi connectivity index (χ2v) is 6.95. The average molecular weight is 436 g/mol. The van der Waals surface area contributed by atoms with Crippen LogP contribution < -0.4 is 0 Å². The van der Waals surface area contributed by atoms with Gasteiger partial charge in [0.15, 0.2) is 5.60 Å². The van der Waals surface area contributed by atoms with Crippen molar-refractivity contribution in [1.29, 1.82) is 0 Å². The molecule has 0 saturated heterocycles. The van der Waals surface area contributed by atoms with Gasteiger partial charge in [-0.05, 0) is 53.9 Å². The molecule has 5 nitrogen and oxygen atoms in total. The fourth-order valence-electron chi connectivity index (χ4n) is 2.68. The van der Waals surface area contributed by atoms with E-state index >= 15 is 0 Å². The van der Waals surface area contributed by atoms with Gasteiger partial charge in [0.1, 0.15) is 0 Å². The Labute approximate surface area is 167 Å². The zero-order valence-corrected chi connectivity index (χ0v) is 15.8. The van der Waals surface area contributed by atoms with Crippen LogP contribution in [0.4, 0.5) is 13.2 Å². The smallest absolute Gasteiger partial charge is 0.421 e. The summed E-state index contributed by atoms with van der Waals surface area (Å²) >= 11 is 11.5. The Morgan fingerprint density at radius 3 is 2.11 bits per heavy atom. The van der Waals surface area contributed by atoms with Gasteiger partial charge in [-0.15, -0.1) is 0 Å². The molecule has 0 aliphatic rings. The maximum atomic E-state index is 13.8. The van der Waals surface area contributed by atoms with Gasteiger partial charge in [-0.2, -0.15) is 13.2 Å².